The van der Waals surface area contributed by atoms with Crippen molar-refractivity contribution >= 4 is 11.3 Å². The van der Waals surface area contributed by atoms with Gasteiger partial charge in [-0.2, -0.15) is 0 Å². The molecule has 2 rings (SSSR count). The van der Waals surface area contributed by atoms with Gasteiger partial charge >= 0.3 is 0 Å². The Morgan fingerprint density at radius 1 is 1.18 bits per heavy atom. The first-order valence-electron chi connectivity index (χ1n) is 5.46. The fourth-order valence-electron chi connectivity index (χ4n) is 1.90. The molecule has 0 amide bonds. The van der Waals surface area contributed by atoms with Crippen LogP contribution >= 0.6 is 11.3 Å². The van der Waals surface area contributed by atoms with E-state index in [4.69, 9.17) is 0 Å². The number of hydrogen-bond donors (Lipinski definition) is 1. The highest BCUT2D eigenvalue weighted by Gasteiger charge is 2.29. The minimum atomic E-state index is -1.13. The summed E-state index contributed by atoms with van der Waals surface area (Å²) in [6.07, 6.45) is 0. The van der Waals surface area contributed by atoms with E-state index in [1.165, 1.54) is 17.4 Å². The van der Waals surface area contributed by atoms with Gasteiger partial charge in [-0.15, -0.1) is 11.3 Å². The lowest BCUT2D eigenvalue weighted by atomic mass is 9.91. The third-order valence-electron chi connectivity index (χ3n) is 3.04. The number of rotatable bonds is 2. The summed E-state index contributed by atoms with van der Waals surface area (Å²) in [7, 11) is 0. The van der Waals surface area contributed by atoms with E-state index in [1.807, 2.05) is 18.4 Å². The molecule has 1 aromatic heterocycles. The number of aliphatic hydroxyl groups is 1. The molecule has 1 N–H and O–H groups in total. The van der Waals surface area contributed by atoms with Crippen molar-refractivity contribution in [1.82, 2.24) is 0 Å². The van der Waals surface area contributed by atoms with Crippen LogP contribution in [0.3, 0.4) is 0 Å². The predicted molar refractivity (Wildman–Crippen MR) is 68.9 cm³/mol. The Morgan fingerprint density at radius 3 is 2.41 bits per heavy atom. The van der Waals surface area contributed by atoms with E-state index >= 15 is 0 Å². The zero-order chi connectivity index (χ0) is 12.6. The van der Waals surface area contributed by atoms with Crippen molar-refractivity contribution in [3.63, 3.8) is 0 Å². The quantitative estimate of drug-likeness (QED) is 0.860. The molecule has 17 heavy (non-hydrogen) atoms. The maximum Gasteiger partial charge on any atom is 0.126 e. The fourth-order valence-corrected chi connectivity index (χ4v) is 2.91. The molecule has 1 atom stereocenters. The SMILES string of the molecule is Cc1ccc(C(C)(O)c2sccc2C)cc1F. The Kier molecular flexibility index (Phi) is 3.06. The molecule has 0 aliphatic carbocycles. The van der Waals surface area contributed by atoms with Crippen molar-refractivity contribution in [2.45, 2.75) is 26.4 Å². The molecule has 0 radical (unpaired) electrons. The average Bonchev–Trinajstić information content (AvgIpc) is 2.69. The summed E-state index contributed by atoms with van der Waals surface area (Å²) in [4.78, 5) is 0.862. The molecule has 0 spiro atoms. The van der Waals surface area contributed by atoms with Crippen LogP contribution in [0.25, 0.3) is 0 Å². The molecule has 3 heteroatoms. The molecule has 1 nitrogen and oxygen atoms in total. The van der Waals surface area contributed by atoms with Gasteiger partial charge in [0.25, 0.3) is 0 Å². The maximum absolute atomic E-state index is 13.5. The molecule has 0 fully saturated rings. The van der Waals surface area contributed by atoms with Gasteiger partial charge in [-0.25, -0.2) is 4.39 Å². The molecule has 1 unspecified atom stereocenters. The van der Waals surface area contributed by atoms with Crippen LogP contribution in [0.2, 0.25) is 0 Å². The van der Waals surface area contributed by atoms with Gasteiger partial charge < -0.3 is 5.11 Å². The summed E-state index contributed by atoms with van der Waals surface area (Å²) >= 11 is 1.49. The Morgan fingerprint density at radius 2 is 1.88 bits per heavy atom. The van der Waals surface area contributed by atoms with Gasteiger partial charge in [0, 0.05) is 4.88 Å². The molecule has 0 aliphatic heterocycles. The largest absolute Gasteiger partial charge is 0.380 e. The van der Waals surface area contributed by atoms with Crippen molar-refractivity contribution in [2.75, 3.05) is 0 Å². The lowest BCUT2D eigenvalue weighted by Gasteiger charge is -2.24. The molecular weight excluding hydrogens is 235 g/mol. The first kappa shape index (κ1) is 12.3. The molecule has 0 saturated carbocycles. The molecule has 0 saturated heterocycles. The van der Waals surface area contributed by atoms with Crippen LogP contribution in [0.15, 0.2) is 29.6 Å². The highest BCUT2D eigenvalue weighted by molar-refractivity contribution is 7.10. The van der Waals surface area contributed by atoms with Crippen molar-refractivity contribution < 1.29 is 9.50 Å². The molecule has 1 aromatic carbocycles. The summed E-state index contributed by atoms with van der Waals surface area (Å²) in [5, 5.41) is 12.5. The topological polar surface area (TPSA) is 20.2 Å². The second kappa shape index (κ2) is 4.24. The maximum atomic E-state index is 13.5. The lowest BCUT2D eigenvalue weighted by molar-refractivity contribution is 0.105. The van der Waals surface area contributed by atoms with Gasteiger partial charge in [0.05, 0.1) is 0 Å². The standard InChI is InChI=1S/C14H15FOS/c1-9-4-5-11(8-12(9)15)14(3,16)13-10(2)6-7-17-13/h4-8,16H,1-3H3. The highest BCUT2D eigenvalue weighted by Crippen LogP contribution is 2.35. The molecule has 0 bridgehead atoms. The Hall–Kier alpha value is -1.19. The van der Waals surface area contributed by atoms with Gasteiger partial charge in [-0.3, -0.25) is 0 Å². The number of halogens is 1. The van der Waals surface area contributed by atoms with Crippen LogP contribution in [0.5, 0.6) is 0 Å². The van der Waals surface area contributed by atoms with Gasteiger partial charge in [0.1, 0.15) is 11.4 Å². The van der Waals surface area contributed by atoms with Crippen LogP contribution in [0.1, 0.15) is 28.5 Å². The molecule has 0 aliphatic rings. The van der Waals surface area contributed by atoms with E-state index in [2.05, 4.69) is 0 Å². The minimum absolute atomic E-state index is 0.281. The van der Waals surface area contributed by atoms with E-state index in [9.17, 15) is 9.50 Å². The lowest BCUT2D eigenvalue weighted by Crippen LogP contribution is -2.22. The second-order valence-electron chi connectivity index (χ2n) is 4.47. The van der Waals surface area contributed by atoms with E-state index in [1.54, 1.807) is 26.0 Å². The van der Waals surface area contributed by atoms with E-state index in [0.29, 0.717) is 11.1 Å². The summed E-state index contributed by atoms with van der Waals surface area (Å²) in [6, 6.07) is 6.84. The molecule has 90 valence electrons. The second-order valence-corrected chi connectivity index (χ2v) is 5.39. The summed E-state index contributed by atoms with van der Waals surface area (Å²) in [5.74, 6) is -0.281. The van der Waals surface area contributed by atoms with Crippen LogP contribution in [0, 0.1) is 19.7 Å². The first-order valence-corrected chi connectivity index (χ1v) is 6.34. The zero-order valence-corrected chi connectivity index (χ0v) is 10.9. The summed E-state index contributed by atoms with van der Waals surface area (Å²) < 4.78 is 13.5. The van der Waals surface area contributed by atoms with Gasteiger partial charge in [-0.05, 0) is 55.0 Å². The predicted octanol–water partition coefficient (Wildman–Crippen LogP) is 3.76. The van der Waals surface area contributed by atoms with E-state index < -0.39 is 5.60 Å². The highest BCUT2D eigenvalue weighted by atomic mass is 32.1. The number of aryl methyl sites for hydroxylation is 2. The van der Waals surface area contributed by atoms with E-state index in [0.717, 1.165) is 10.4 Å². The van der Waals surface area contributed by atoms with Crippen molar-refractivity contribution in [3.8, 4) is 0 Å². The number of hydrogen-bond acceptors (Lipinski definition) is 2. The summed E-state index contributed by atoms with van der Waals surface area (Å²) in [6.45, 7) is 5.37. The summed E-state index contributed by atoms with van der Waals surface area (Å²) in [5.41, 5.74) is 1.08. The fraction of sp³-hybridized carbons (Fsp3) is 0.286. The monoisotopic (exact) mass is 250 g/mol. The normalized spacial score (nSPS) is 14.6. The van der Waals surface area contributed by atoms with Gasteiger partial charge in [-0.1, -0.05) is 12.1 Å². The zero-order valence-electron chi connectivity index (χ0n) is 10.1. The Bertz CT molecular complexity index is 543. The van der Waals surface area contributed by atoms with Crippen LogP contribution < -0.4 is 0 Å². The molecule has 2 aromatic rings. The smallest absolute Gasteiger partial charge is 0.126 e. The van der Waals surface area contributed by atoms with E-state index in [-0.39, 0.29) is 5.82 Å². The Labute approximate surface area is 105 Å². The van der Waals surface area contributed by atoms with Crippen LogP contribution in [0.4, 0.5) is 4.39 Å². The van der Waals surface area contributed by atoms with Gasteiger partial charge in [0.2, 0.25) is 0 Å². The van der Waals surface area contributed by atoms with Crippen molar-refractivity contribution in [3.05, 3.63) is 57.0 Å². The Balaban J connectivity index is 2.51. The van der Waals surface area contributed by atoms with Crippen LogP contribution in [-0.4, -0.2) is 5.11 Å². The molecular formula is C14H15FOS. The third kappa shape index (κ3) is 2.13. The average molecular weight is 250 g/mol. The molecule has 1 heterocycles. The van der Waals surface area contributed by atoms with Crippen LogP contribution in [-0.2, 0) is 5.60 Å². The first-order chi connectivity index (χ1) is 7.93. The van der Waals surface area contributed by atoms with Gasteiger partial charge in [0.15, 0.2) is 0 Å². The minimum Gasteiger partial charge on any atom is -0.380 e. The van der Waals surface area contributed by atoms with Crippen molar-refractivity contribution in [1.29, 1.82) is 0 Å². The number of benzene rings is 1. The van der Waals surface area contributed by atoms with Crippen molar-refractivity contribution in [2.24, 2.45) is 0 Å². The number of thiophene rings is 1. The third-order valence-corrected chi connectivity index (χ3v) is 4.27.